The third-order valence-electron chi connectivity index (χ3n) is 2.29. The molecule has 0 aliphatic carbocycles. The molecule has 4 heteroatoms. The maximum atomic E-state index is 12.3. The number of hydrogen-bond donors (Lipinski definition) is 0. The van der Waals surface area contributed by atoms with Gasteiger partial charge in [-0.25, -0.2) is 0 Å². The molecule has 0 fully saturated rings. The van der Waals surface area contributed by atoms with Crippen LogP contribution in [-0.2, 0) is 0 Å². The molecule has 1 aromatic carbocycles. The Balaban J connectivity index is 3.01. The van der Waals surface area contributed by atoms with Gasteiger partial charge in [0, 0.05) is 5.56 Å². The molecule has 0 spiro atoms. The molecule has 1 aromatic rings. The van der Waals surface area contributed by atoms with Gasteiger partial charge in [0.15, 0.2) is 5.78 Å². The minimum absolute atomic E-state index is 0.141. The van der Waals surface area contributed by atoms with Crippen molar-refractivity contribution in [2.75, 3.05) is 0 Å². The monoisotopic (exact) mass is 216 g/mol. The van der Waals surface area contributed by atoms with Gasteiger partial charge in [0.2, 0.25) is 0 Å². The maximum Gasteiger partial charge on any atom is 0.398 e. The third-order valence-corrected chi connectivity index (χ3v) is 2.29. The van der Waals surface area contributed by atoms with Gasteiger partial charge >= 0.3 is 6.18 Å². The fourth-order valence-electron chi connectivity index (χ4n) is 1.23. The van der Waals surface area contributed by atoms with Gasteiger partial charge in [0.05, 0.1) is 0 Å². The van der Waals surface area contributed by atoms with Crippen LogP contribution < -0.4 is 0 Å². The van der Waals surface area contributed by atoms with Crippen molar-refractivity contribution < 1.29 is 18.0 Å². The zero-order valence-electron chi connectivity index (χ0n) is 8.43. The predicted octanol–water partition coefficient (Wildman–Crippen LogP) is 3.38. The number of alkyl halides is 3. The molecule has 0 saturated carbocycles. The summed E-state index contributed by atoms with van der Waals surface area (Å²) in [4.78, 5) is 11.5. The molecular formula is C11H11F3O. The number of benzene rings is 1. The Bertz CT molecular complexity index is 368. The van der Waals surface area contributed by atoms with E-state index in [4.69, 9.17) is 0 Å². The summed E-state index contributed by atoms with van der Waals surface area (Å²) >= 11 is 0. The first-order valence-corrected chi connectivity index (χ1v) is 4.50. The van der Waals surface area contributed by atoms with Crippen molar-refractivity contribution in [1.29, 1.82) is 0 Å². The Hall–Kier alpha value is -1.32. The van der Waals surface area contributed by atoms with Crippen LogP contribution in [0.3, 0.4) is 0 Å². The van der Waals surface area contributed by atoms with E-state index in [2.05, 4.69) is 0 Å². The van der Waals surface area contributed by atoms with Crippen molar-refractivity contribution in [2.24, 2.45) is 5.92 Å². The highest BCUT2D eigenvalue weighted by Gasteiger charge is 2.41. The molecule has 0 saturated heterocycles. The molecule has 15 heavy (non-hydrogen) atoms. The van der Waals surface area contributed by atoms with E-state index in [0.29, 0.717) is 5.56 Å². The molecule has 0 heterocycles. The van der Waals surface area contributed by atoms with Crippen molar-refractivity contribution >= 4 is 5.78 Å². The summed E-state index contributed by atoms with van der Waals surface area (Å²) in [5, 5.41) is 0. The highest BCUT2D eigenvalue weighted by molar-refractivity contribution is 5.99. The summed E-state index contributed by atoms with van der Waals surface area (Å²) in [7, 11) is 0. The van der Waals surface area contributed by atoms with E-state index < -0.39 is 17.9 Å². The Labute approximate surface area is 85.9 Å². The molecule has 1 atom stereocenters. The van der Waals surface area contributed by atoms with Crippen molar-refractivity contribution in [2.45, 2.75) is 20.0 Å². The van der Waals surface area contributed by atoms with Crippen molar-refractivity contribution in [3.8, 4) is 0 Å². The van der Waals surface area contributed by atoms with Gasteiger partial charge in [-0.1, -0.05) is 24.3 Å². The first kappa shape index (κ1) is 11.8. The highest BCUT2D eigenvalue weighted by Crippen LogP contribution is 2.29. The lowest BCUT2D eigenvalue weighted by Crippen LogP contribution is -2.28. The van der Waals surface area contributed by atoms with E-state index in [9.17, 15) is 18.0 Å². The molecule has 0 aliphatic rings. The first-order chi connectivity index (χ1) is 6.84. The number of ketones is 1. The first-order valence-electron chi connectivity index (χ1n) is 4.50. The largest absolute Gasteiger partial charge is 0.398 e. The molecule has 0 aliphatic heterocycles. The van der Waals surface area contributed by atoms with Crippen LogP contribution in [0.1, 0.15) is 22.8 Å². The number of Topliss-reactive ketones (excluding diaryl/α,β-unsaturated/α-hetero) is 1. The number of hydrogen-bond acceptors (Lipinski definition) is 1. The molecule has 0 bridgehead atoms. The lowest BCUT2D eigenvalue weighted by molar-refractivity contribution is -0.155. The molecule has 1 rings (SSSR count). The number of rotatable bonds is 2. The topological polar surface area (TPSA) is 17.1 Å². The average Bonchev–Trinajstić information content (AvgIpc) is 2.15. The number of carbonyl (C=O) groups excluding carboxylic acids is 1. The Morgan fingerprint density at radius 3 is 2.27 bits per heavy atom. The lowest BCUT2D eigenvalue weighted by Gasteiger charge is -2.15. The predicted molar refractivity (Wildman–Crippen MR) is 50.7 cm³/mol. The Kier molecular flexibility index (Phi) is 3.17. The maximum absolute atomic E-state index is 12.3. The summed E-state index contributed by atoms with van der Waals surface area (Å²) in [6, 6.07) is 6.28. The fraction of sp³-hybridized carbons (Fsp3) is 0.364. The minimum Gasteiger partial charge on any atom is -0.294 e. The van der Waals surface area contributed by atoms with E-state index in [-0.39, 0.29) is 5.56 Å². The molecule has 1 nitrogen and oxygen atoms in total. The molecular weight excluding hydrogens is 205 g/mol. The standard InChI is InChI=1S/C11H11F3O/c1-7-5-3-4-6-9(7)10(15)8(2)11(12,13)14/h3-6,8H,1-2H3. The van der Waals surface area contributed by atoms with Crippen LogP contribution >= 0.6 is 0 Å². The molecule has 0 aromatic heterocycles. The molecule has 1 unspecified atom stereocenters. The normalized spacial score (nSPS) is 13.7. The van der Waals surface area contributed by atoms with Crippen molar-refractivity contribution in [1.82, 2.24) is 0 Å². The summed E-state index contributed by atoms with van der Waals surface area (Å²) in [6.45, 7) is 2.51. The van der Waals surface area contributed by atoms with E-state index in [1.165, 1.54) is 6.07 Å². The summed E-state index contributed by atoms with van der Waals surface area (Å²) in [5.74, 6) is -2.82. The number of aryl methyl sites for hydroxylation is 1. The smallest absolute Gasteiger partial charge is 0.294 e. The second-order valence-corrected chi connectivity index (χ2v) is 3.44. The lowest BCUT2D eigenvalue weighted by atomic mass is 9.95. The van der Waals surface area contributed by atoms with Crippen LogP contribution in [0.25, 0.3) is 0 Å². The van der Waals surface area contributed by atoms with Gasteiger partial charge in [-0.05, 0) is 19.4 Å². The second-order valence-electron chi connectivity index (χ2n) is 3.44. The SMILES string of the molecule is Cc1ccccc1C(=O)C(C)C(F)(F)F. The molecule has 82 valence electrons. The summed E-state index contributed by atoms with van der Waals surface area (Å²) in [6.07, 6.45) is -4.47. The van der Waals surface area contributed by atoms with E-state index in [1.807, 2.05) is 0 Å². The van der Waals surface area contributed by atoms with Gasteiger partial charge in [-0.15, -0.1) is 0 Å². The average molecular weight is 216 g/mol. The van der Waals surface area contributed by atoms with E-state index in [1.54, 1.807) is 25.1 Å². The van der Waals surface area contributed by atoms with Crippen LogP contribution in [0.5, 0.6) is 0 Å². The summed E-state index contributed by atoms with van der Waals surface area (Å²) < 4.78 is 36.9. The van der Waals surface area contributed by atoms with Crippen molar-refractivity contribution in [3.05, 3.63) is 35.4 Å². The van der Waals surface area contributed by atoms with Crippen LogP contribution in [0.4, 0.5) is 13.2 Å². The van der Waals surface area contributed by atoms with E-state index >= 15 is 0 Å². The summed E-state index contributed by atoms with van der Waals surface area (Å²) in [5.41, 5.74) is 0.709. The van der Waals surface area contributed by atoms with Crippen LogP contribution in [0, 0.1) is 12.8 Å². The second kappa shape index (κ2) is 4.04. The van der Waals surface area contributed by atoms with Crippen LogP contribution in [0.2, 0.25) is 0 Å². The van der Waals surface area contributed by atoms with Crippen molar-refractivity contribution in [3.63, 3.8) is 0 Å². The zero-order valence-corrected chi connectivity index (χ0v) is 8.43. The molecule has 0 N–H and O–H groups in total. The molecule has 0 radical (unpaired) electrons. The van der Waals surface area contributed by atoms with E-state index in [0.717, 1.165) is 6.92 Å². The van der Waals surface area contributed by atoms with Gasteiger partial charge in [0.1, 0.15) is 5.92 Å². The van der Waals surface area contributed by atoms with Gasteiger partial charge in [-0.2, -0.15) is 13.2 Å². The Morgan fingerprint density at radius 2 is 1.80 bits per heavy atom. The van der Waals surface area contributed by atoms with Crippen LogP contribution in [0.15, 0.2) is 24.3 Å². The number of halogens is 3. The van der Waals surface area contributed by atoms with Gasteiger partial charge in [-0.3, -0.25) is 4.79 Å². The fourth-order valence-corrected chi connectivity index (χ4v) is 1.23. The minimum atomic E-state index is -4.47. The van der Waals surface area contributed by atoms with Gasteiger partial charge in [0.25, 0.3) is 0 Å². The molecule has 0 amide bonds. The quantitative estimate of drug-likeness (QED) is 0.692. The highest BCUT2D eigenvalue weighted by atomic mass is 19.4. The zero-order chi connectivity index (χ0) is 11.6. The number of carbonyl (C=O) groups is 1. The van der Waals surface area contributed by atoms with Gasteiger partial charge < -0.3 is 0 Å². The Morgan fingerprint density at radius 1 is 1.27 bits per heavy atom. The van der Waals surface area contributed by atoms with Crippen LogP contribution in [-0.4, -0.2) is 12.0 Å². The third kappa shape index (κ3) is 2.58.